The fourth-order valence-electron chi connectivity index (χ4n) is 8.60. The molecule has 0 unspecified atom stereocenters. The van der Waals surface area contributed by atoms with Gasteiger partial charge in [-0.3, -0.25) is 48.1 Å². The first-order valence-corrected chi connectivity index (χ1v) is 23.8. The molecule has 3 aromatic rings. The second-order valence-corrected chi connectivity index (χ2v) is 17.7. The Morgan fingerprint density at radius 1 is 0.829 bits per heavy atom. The number of aliphatic imine (C=N–C) groups is 1. The number of guanidine groups is 1. The number of nitrogens with two attached hydrogens (primary N) is 3. The third kappa shape index (κ3) is 15.8. The minimum atomic E-state index is -1.41. The van der Waals surface area contributed by atoms with Crippen LogP contribution in [0.2, 0.25) is 0 Å². The largest absolute Gasteiger partial charge is 0.370 e. The van der Waals surface area contributed by atoms with Crippen LogP contribution in [0.1, 0.15) is 89.2 Å². The summed E-state index contributed by atoms with van der Waals surface area (Å²) in [6.07, 6.45) is 3.36. The molecule has 5 rings (SSSR count). The van der Waals surface area contributed by atoms with Crippen LogP contribution in [0.25, 0.3) is 10.9 Å². The van der Waals surface area contributed by atoms with Crippen LogP contribution in [0, 0.1) is 0 Å². The van der Waals surface area contributed by atoms with Crippen molar-refractivity contribution >= 4 is 70.0 Å². The Hall–Kier alpha value is -7.52. The van der Waals surface area contributed by atoms with Crippen molar-refractivity contribution in [3.63, 3.8) is 0 Å². The van der Waals surface area contributed by atoms with E-state index < -0.39 is 95.5 Å². The number of carbonyl (C=O) groups excluding carboxylic acids is 9. The molecule has 7 atom stereocenters. The molecule has 2 aliphatic rings. The summed E-state index contributed by atoms with van der Waals surface area (Å²) in [5, 5.41) is 19.8. The number of H-pyrrole nitrogens is 1. The van der Waals surface area contributed by atoms with Gasteiger partial charge in [0, 0.05) is 62.9 Å². The van der Waals surface area contributed by atoms with E-state index in [0.717, 1.165) is 17.3 Å². The molecule has 0 saturated carbocycles. The lowest BCUT2D eigenvalue weighted by atomic mass is 10.0. The molecule has 378 valence electrons. The van der Waals surface area contributed by atoms with Crippen molar-refractivity contribution in [1.29, 1.82) is 0 Å². The van der Waals surface area contributed by atoms with E-state index in [1.807, 2.05) is 31.2 Å². The molecule has 22 heteroatoms. The highest BCUT2D eigenvalue weighted by Gasteiger charge is 2.40. The third-order valence-corrected chi connectivity index (χ3v) is 12.3. The van der Waals surface area contributed by atoms with Crippen LogP contribution in [0.15, 0.2) is 65.8 Å². The van der Waals surface area contributed by atoms with E-state index in [2.05, 4.69) is 47.2 Å². The summed E-state index contributed by atoms with van der Waals surface area (Å²) in [7, 11) is 0. The highest BCUT2D eigenvalue weighted by molar-refractivity contribution is 5.98. The minimum Gasteiger partial charge on any atom is -0.370 e. The molecule has 70 heavy (non-hydrogen) atoms. The number of nitrogens with zero attached hydrogens (tertiary/aromatic N) is 2. The summed E-state index contributed by atoms with van der Waals surface area (Å²) in [6, 6.07) is 7.58. The summed E-state index contributed by atoms with van der Waals surface area (Å²) < 4.78 is 0. The summed E-state index contributed by atoms with van der Waals surface area (Å²) in [5.74, 6) is -6.38. The van der Waals surface area contributed by atoms with Gasteiger partial charge in [-0.05, 0) is 62.1 Å². The molecule has 22 nitrogen and oxygen atoms in total. The average Bonchev–Trinajstić information content (AvgIpc) is 3.99. The number of hydrogen-bond acceptors (Lipinski definition) is 10. The average molecular weight is 970 g/mol. The van der Waals surface area contributed by atoms with Gasteiger partial charge in [0.1, 0.15) is 42.3 Å². The lowest BCUT2D eigenvalue weighted by molar-refractivity contribution is -0.143. The van der Waals surface area contributed by atoms with E-state index >= 15 is 0 Å². The second kappa shape index (κ2) is 26.3. The Balaban J connectivity index is 1.49. The van der Waals surface area contributed by atoms with Crippen molar-refractivity contribution in [2.75, 3.05) is 19.6 Å². The Labute approximate surface area is 406 Å². The minimum absolute atomic E-state index is 0.000633. The zero-order valence-electron chi connectivity index (χ0n) is 39.7. The number of unbranched alkanes of at least 4 members (excludes halogenated alkanes) is 1. The molecule has 2 aromatic carbocycles. The lowest BCUT2D eigenvalue weighted by Crippen LogP contribution is -2.60. The predicted molar refractivity (Wildman–Crippen MR) is 260 cm³/mol. The maximum absolute atomic E-state index is 14.5. The van der Waals surface area contributed by atoms with Gasteiger partial charge in [-0.15, -0.1) is 0 Å². The van der Waals surface area contributed by atoms with Gasteiger partial charge in [-0.2, -0.15) is 0 Å². The Morgan fingerprint density at radius 3 is 2.26 bits per heavy atom. The van der Waals surface area contributed by atoms with Gasteiger partial charge in [0.2, 0.25) is 53.2 Å². The fraction of sp³-hybridized carbons (Fsp3) is 0.500. The van der Waals surface area contributed by atoms with Crippen molar-refractivity contribution in [2.45, 2.75) is 133 Å². The molecule has 9 amide bonds. The summed E-state index contributed by atoms with van der Waals surface area (Å²) >= 11 is 0. The number of hydrogen-bond donors (Lipinski definition) is 11. The highest BCUT2D eigenvalue weighted by atomic mass is 16.2. The van der Waals surface area contributed by atoms with Gasteiger partial charge >= 0.3 is 0 Å². The maximum atomic E-state index is 14.5. The van der Waals surface area contributed by atoms with Crippen LogP contribution in [-0.4, -0.2) is 131 Å². The van der Waals surface area contributed by atoms with Gasteiger partial charge in [0.05, 0.1) is 0 Å². The molecule has 2 saturated heterocycles. The van der Waals surface area contributed by atoms with Crippen LogP contribution >= 0.6 is 0 Å². The lowest BCUT2D eigenvalue weighted by Gasteiger charge is -2.31. The van der Waals surface area contributed by atoms with E-state index in [-0.39, 0.29) is 83.4 Å². The second-order valence-electron chi connectivity index (χ2n) is 17.7. The molecule has 2 aliphatic heterocycles. The zero-order valence-corrected chi connectivity index (χ0v) is 39.7. The topological polar surface area (TPSA) is 347 Å². The number of rotatable bonds is 17. The number of nitrogens with one attached hydrogen (secondary N) is 8. The number of para-hydroxylation sites is 1. The SMILES string of the molecule is CCCC[C@H](NC(C)=O)C(=O)N[C@H]1CCC(=O)NCC[C@@H](C(=O)N[C@@H](Cc2c[nH]c3ccccc23)C(N)=O)NC(=O)[C@H](CCCN=C(N)N)NC(=O)[C@@H](Cc2ccccc2)NC(=O)[C@@H]2CCCN2C1=O. The fourth-order valence-corrected chi connectivity index (χ4v) is 8.60. The monoisotopic (exact) mass is 970 g/mol. The van der Waals surface area contributed by atoms with E-state index in [9.17, 15) is 43.2 Å². The Morgan fingerprint density at radius 2 is 1.54 bits per heavy atom. The van der Waals surface area contributed by atoms with Crippen molar-refractivity contribution < 1.29 is 43.2 Å². The first kappa shape index (κ1) is 53.4. The van der Waals surface area contributed by atoms with E-state index in [1.54, 1.807) is 36.5 Å². The van der Waals surface area contributed by atoms with Crippen LogP contribution in [0.5, 0.6) is 0 Å². The summed E-state index contributed by atoms with van der Waals surface area (Å²) in [6.45, 7) is 3.22. The number of fused-ring (bicyclic) bond motifs is 2. The molecule has 0 spiro atoms. The summed E-state index contributed by atoms with van der Waals surface area (Å²) in [5.41, 5.74) is 19.1. The van der Waals surface area contributed by atoms with E-state index in [4.69, 9.17) is 17.2 Å². The number of aromatic amines is 1. The summed E-state index contributed by atoms with van der Waals surface area (Å²) in [4.78, 5) is 133. The quantitative estimate of drug-likeness (QED) is 0.0438. The number of carbonyl (C=O) groups is 9. The van der Waals surface area contributed by atoms with Gasteiger partial charge < -0.3 is 64.3 Å². The van der Waals surface area contributed by atoms with Crippen molar-refractivity contribution in [1.82, 2.24) is 47.1 Å². The smallest absolute Gasteiger partial charge is 0.245 e. The molecule has 14 N–H and O–H groups in total. The first-order chi connectivity index (χ1) is 33.5. The molecule has 0 bridgehead atoms. The molecule has 2 fully saturated rings. The number of primary amides is 1. The van der Waals surface area contributed by atoms with Crippen LogP contribution in [0.3, 0.4) is 0 Å². The molecular weight excluding hydrogens is 903 g/mol. The van der Waals surface area contributed by atoms with E-state index in [1.165, 1.54) is 11.8 Å². The van der Waals surface area contributed by atoms with Gasteiger partial charge in [0.15, 0.2) is 5.96 Å². The van der Waals surface area contributed by atoms with Crippen LogP contribution in [-0.2, 0) is 56.0 Å². The Bertz CT molecular complexity index is 2370. The van der Waals surface area contributed by atoms with Gasteiger partial charge in [-0.1, -0.05) is 68.3 Å². The van der Waals surface area contributed by atoms with Crippen LogP contribution < -0.4 is 54.4 Å². The molecular formula is C48H67N13O9. The number of benzene rings is 2. The van der Waals surface area contributed by atoms with Crippen molar-refractivity contribution in [3.05, 3.63) is 71.9 Å². The molecule has 0 radical (unpaired) electrons. The van der Waals surface area contributed by atoms with Crippen LogP contribution in [0.4, 0.5) is 0 Å². The normalized spacial score (nSPS) is 21.5. The van der Waals surface area contributed by atoms with E-state index in [0.29, 0.717) is 24.0 Å². The molecule has 0 aliphatic carbocycles. The molecule has 3 heterocycles. The molecule has 1 aromatic heterocycles. The number of amides is 9. The highest BCUT2D eigenvalue weighted by Crippen LogP contribution is 2.22. The van der Waals surface area contributed by atoms with Crippen molar-refractivity contribution in [2.24, 2.45) is 22.2 Å². The standard InChI is InChI=1S/C48H67N13O9/c1-3-4-15-33(55-28(2)62)42(65)58-36-19-20-40(63)52-23-21-35(44(67)59-37(41(49)64)26-30-27-54-32-16-9-8-14-31(30)32)57-43(66)34(17-10-22-53-48(50)51)56-45(68)38(25-29-12-6-5-7-13-29)60-46(69)39-18-11-24-61(39)47(36)70/h5-9,12-14,16,27,33-39,54H,3-4,10-11,15,17-26H2,1-2H3,(H2,49,64)(H,52,63)(H,55,62)(H,56,68)(H,57,66)(H,58,65)(H,59,67)(H,60,69)(H4,50,51,53)/t33-,34-,35-,36-,37-,38+,39-/m0/s1. The predicted octanol–water partition coefficient (Wildman–Crippen LogP) is -1.10. The number of aromatic nitrogens is 1. The van der Waals surface area contributed by atoms with Crippen molar-refractivity contribution in [3.8, 4) is 0 Å². The maximum Gasteiger partial charge on any atom is 0.245 e. The van der Waals surface area contributed by atoms with Gasteiger partial charge in [-0.25, -0.2) is 0 Å². The third-order valence-electron chi connectivity index (χ3n) is 12.3. The first-order valence-electron chi connectivity index (χ1n) is 23.8. The zero-order chi connectivity index (χ0) is 50.7. The Kier molecular flexibility index (Phi) is 20.1. The van der Waals surface area contributed by atoms with Gasteiger partial charge in [0.25, 0.3) is 0 Å².